The van der Waals surface area contributed by atoms with E-state index < -0.39 is 0 Å². The zero-order valence-corrected chi connectivity index (χ0v) is 12.2. The molecule has 0 heterocycles. The van der Waals surface area contributed by atoms with E-state index in [0.29, 0.717) is 24.8 Å². The van der Waals surface area contributed by atoms with Gasteiger partial charge in [0.15, 0.2) is 0 Å². The monoisotopic (exact) mass is 291 g/mol. The number of benzene rings is 2. The van der Waals surface area contributed by atoms with Gasteiger partial charge in [-0.3, -0.25) is 0 Å². The van der Waals surface area contributed by atoms with Crippen molar-refractivity contribution >= 4 is 11.6 Å². The largest absolute Gasteiger partial charge is 0.491 e. The van der Waals surface area contributed by atoms with E-state index in [2.05, 4.69) is 0 Å². The highest BCUT2D eigenvalue weighted by atomic mass is 35.5. The van der Waals surface area contributed by atoms with Crippen LogP contribution in [-0.4, -0.2) is 20.3 Å². The van der Waals surface area contributed by atoms with Crippen LogP contribution < -0.4 is 10.5 Å². The molecule has 0 radical (unpaired) electrons. The van der Waals surface area contributed by atoms with Gasteiger partial charge in [0.25, 0.3) is 0 Å². The second kappa shape index (κ2) is 7.29. The van der Waals surface area contributed by atoms with E-state index in [4.69, 9.17) is 26.8 Å². The molecular formula is C16H18ClNO2. The summed E-state index contributed by atoms with van der Waals surface area (Å²) in [6.07, 6.45) is 0. The van der Waals surface area contributed by atoms with Gasteiger partial charge in [0.05, 0.1) is 6.61 Å². The minimum Gasteiger partial charge on any atom is -0.491 e. The molecule has 0 aliphatic heterocycles. The molecular weight excluding hydrogens is 274 g/mol. The highest BCUT2D eigenvalue weighted by Crippen LogP contribution is 2.32. The first-order valence-corrected chi connectivity index (χ1v) is 6.83. The van der Waals surface area contributed by atoms with Crippen LogP contribution >= 0.6 is 11.6 Å². The lowest BCUT2D eigenvalue weighted by Gasteiger charge is -2.12. The van der Waals surface area contributed by atoms with Crippen molar-refractivity contribution < 1.29 is 9.47 Å². The predicted octanol–water partition coefficient (Wildman–Crippen LogP) is 3.49. The first-order chi connectivity index (χ1) is 9.76. The minimum absolute atomic E-state index is 0.436. The van der Waals surface area contributed by atoms with Gasteiger partial charge in [0, 0.05) is 24.2 Å². The molecule has 3 nitrogen and oxygen atoms in total. The number of hydrogen-bond donors (Lipinski definition) is 1. The lowest BCUT2D eigenvalue weighted by Crippen LogP contribution is -2.05. The fourth-order valence-electron chi connectivity index (χ4n) is 1.95. The highest BCUT2D eigenvalue weighted by molar-refractivity contribution is 6.31. The lowest BCUT2D eigenvalue weighted by atomic mass is 10.0. The Hall–Kier alpha value is -1.55. The molecule has 0 aliphatic rings. The molecule has 2 N–H and O–H groups in total. The average molecular weight is 292 g/mol. The maximum Gasteiger partial charge on any atom is 0.127 e. The Morgan fingerprint density at radius 3 is 2.60 bits per heavy atom. The molecule has 0 saturated heterocycles. The van der Waals surface area contributed by atoms with Gasteiger partial charge in [-0.15, -0.1) is 0 Å². The van der Waals surface area contributed by atoms with Gasteiger partial charge in [0.1, 0.15) is 12.4 Å². The first-order valence-electron chi connectivity index (χ1n) is 6.46. The normalized spacial score (nSPS) is 10.6. The lowest BCUT2D eigenvalue weighted by molar-refractivity contribution is 0.146. The van der Waals surface area contributed by atoms with E-state index >= 15 is 0 Å². The molecule has 0 fully saturated rings. The van der Waals surface area contributed by atoms with Crippen LogP contribution in [0.1, 0.15) is 5.56 Å². The summed E-state index contributed by atoms with van der Waals surface area (Å²) < 4.78 is 10.7. The number of rotatable bonds is 6. The minimum atomic E-state index is 0.436. The third-order valence-electron chi connectivity index (χ3n) is 3.02. The van der Waals surface area contributed by atoms with Crippen molar-refractivity contribution in [3.05, 3.63) is 53.1 Å². The molecule has 0 aromatic heterocycles. The van der Waals surface area contributed by atoms with Crippen LogP contribution in [0.5, 0.6) is 5.75 Å². The summed E-state index contributed by atoms with van der Waals surface area (Å²) in [4.78, 5) is 0. The van der Waals surface area contributed by atoms with Gasteiger partial charge in [-0.05, 0) is 23.3 Å². The summed E-state index contributed by atoms with van der Waals surface area (Å²) in [5, 5.41) is 0.677. The predicted molar refractivity (Wildman–Crippen MR) is 82.2 cm³/mol. The van der Waals surface area contributed by atoms with Gasteiger partial charge in [-0.1, -0.05) is 41.9 Å². The summed E-state index contributed by atoms with van der Waals surface area (Å²) in [5.74, 6) is 0.820. The zero-order valence-electron chi connectivity index (χ0n) is 11.4. The van der Waals surface area contributed by atoms with E-state index in [1.165, 1.54) is 0 Å². The van der Waals surface area contributed by atoms with Crippen molar-refractivity contribution in [2.24, 2.45) is 5.73 Å². The maximum absolute atomic E-state index is 6.22. The molecule has 0 aliphatic carbocycles. The van der Waals surface area contributed by atoms with Gasteiger partial charge < -0.3 is 15.2 Å². The molecule has 106 valence electrons. The standard InChI is InChI=1S/C16H18ClNO2/c1-19-8-9-20-16-5-3-2-4-14(16)12-6-7-13(11-18)15(17)10-12/h2-7,10H,8-9,11,18H2,1H3. The number of nitrogens with two attached hydrogens (primary N) is 1. The molecule has 0 unspecified atom stereocenters. The SMILES string of the molecule is COCCOc1ccccc1-c1ccc(CN)c(Cl)c1. The molecule has 2 aromatic rings. The Morgan fingerprint density at radius 1 is 1.10 bits per heavy atom. The Bertz CT molecular complexity index is 572. The van der Waals surface area contributed by atoms with Gasteiger partial charge in [-0.2, -0.15) is 0 Å². The average Bonchev–Trinajstić information content (AvgIpc) is 2.48. The van der Waals surface area contributed by atoms with Gasteiger partial charge in [-0.25, -0.2) is 0 Å². The number of halogens is 1. The number of methoxy groups -OCH3 is 1. The van der Waals surface area contributed by atoms with Gasteiger partial charge >= 0.3 is 0 Å². The van der Waals surface area contributed by atoms with Crippen molar-refractivity contribution in [2.45, 2.75) is 6.54 Å². The van der Waals surface area contributed by atoms with Crippen LogP contribution in [0, 0.1) is 0 Å². The molecule has 0 atom stereocenters. The van der Waals surface area contributed by atoms with E-state index in [1.807, 2.05) is 42.5 Å². The molecule has 2 rings (SSSR count). The summed E-state index contributed by atoms with van der Waals surface area (Å²) in [7, 11) is 1.65. The van der Waals surface area contributed by atoms with E-state index in [0.717, 1.165) is 22.4 Å². The molecule has 0 amide bonds. The van der Waals surface area contributed by atoms with E-state index in [-0.39, 0.29) is 0 Å². The Morgan fingerprint density at radius 2 is 1.90 bits per heavy atom. The van der Waals surface area contributed by atoms with Crippen LogP contribution in [0.25, 0.3) is 11.1 Å². The smallest absolute Gasteiger partial charge is 0.127 e. The molecule has 0 bridgehead atoms. The summed E-state index contributed by atoms with van der Waals surface area (Å²) in [6.45, 7) is 1.51. The van der Waals surface area contributed by atoms with E-state index in [1.54, 1.807) is 7.11 Å². The second-order valence-corrected chi connectivity index (χ2v) is 4.75. The fraction of sp³-hybridized carbons (Fsp3) is 0.250. The third-order valence-corrected chi connectivity index (χ3v) is 3.37. The van der Waals surface area contributed by atoms with Crippen molar-refractivity contribution in [1.82, 2.24) is 0 Å². The number of hydrogen-bond acceptors (Lipinski definition) is 3. The third kappa shape index (κ3) is 3.51. The molecule has 0 spiro atoms. The number of ether oxygens (including phenoxy) is 2. The van der Waals surface area contributed by atoms with Crippen LogP contribution in [-0.2, 0) is 11.3 Å². The summed E-state index contributed by atoms with van der Waals surface area (Å²) in [6, 6.07) is 13.7. The number of para-hydroxylation sites is 1. The molecule has 20 heavy (non-hydrogen) atoms. The first kappa shape index (κ1) is 14.9. The van der Waals surface area contributed by atoms with Gasteiger partial charge in [0.2, 0.25) is 0 Å². The van der Waals surface area contributed by atoms with Crippen molar-refractivity contribution in [3.8, 4) is 16.9 Å². The zero-order chi connectivity index (χ0) is 14.4. The molecule has 0 saturated carbocycles. The summed E-state index contributed by atoms with van der Waals surface area (Å²) >= 11 is 6.22. The van der Waals surface area contributed by atoms with E-state index in [9.17, 15) is 0 Å². The topological polar surface area (TPSA) is 44.5 Å². The van der Waals surface area contributed by atoms with Crippen LogP contribution in [0.2, 0.25) is 5.02 Å². The Balaban J connectivity index is 2.29. The Kier molecular flexibility index (Phi) is 5.41. The maximum atomic E-state index is 6.22. The van der Waals surface area contributed by atoms with Crippen molar-refractivity contribution in [2.75, 3.05) is 20.3 Å². The molecule has 4 heteroatoms. The Labute approximate surface area is 124 Å². The quantitative estimate of drug-likeness (QED) is 0.829. The van der Waals surface area contributed by atoms with Crippen molar-refractivity contribution in [3.63, 3.8) is 0 Å². The second-order valence-electron chi connectivity index (χ2n) is 4.35. The van der Waals surface area contributed by atoms with Crippen LogP contribution in [0.4, 0.5) is 0 Å². The highest BCUT2D eigenvalue weighted by Gasteiger charge is 2.08. The fourth-order valence-corrected chi connectivity index (χ4v) is 2.20. The summed E-state index contributed by atoms with van der Waals surface area (Å²) in [5.41, 5.74) is 8.59. The van der Waals surface area contributed by atoms with Crippen LogP contribution in [0.15, 0.2) is 42.5 Å². The molecule has 2 aromatic carbocycles. The van der Waals surface area contributed by atoms with Crippen LogP contribution in [0.3, 0.4) is 0 Å². The van der Waals surface area contributed by atoms with Crippen molar-refractivity contribution in [1.29, 1.82) is 0 Å².